The van der Waals surface area contributed by atoms with Gasteiger partial charge in [0.1, 0.15) is 0 Å². The minimum Gasteiger partial charge on any atom is -0.395 e. The van der Waals surface area contributed by atoms with Gasteiger partial charge in [-0.25, -0.2) is 0 Å². The first-order valence-corrected chi connectivity index (χ1v) is 10.3. The Hall–Kier alpha value is -1.89. The third-order valence-corrected chi connectivity index (χ3v) is 5.26. The monoisotopic (exact) mass is 371 g/mol. The van der Waals surface area contributed by atoms with Gasteiger partial charge in [0.25, 0.3) is 5.91 Å². The van der Waals surface area contributed by atoms with Gasteiger partial charge in [-0.2, -0.15) is 11.8 Å². The van der Waals surface area contributed by atoms with Crippen molar-refractivity contribution in [2.24, 2.45) is 0 Å². The third-order valence-electron chi connectivity index (χ3n) is 4.64. The molecule has 0 bridgehead atoms. The Balaban J connectivity index is 1.63. The first kappa shape index (κ1) is 18.9. The second kappa shape index (κ2) is 9.16. The lowest BCUT2D eigenvalue weighted by Gasteiger charge is -2.34. The van der Waals surface area contributed by atoms with Crippen LogP contribution in [0.5, 0.6) is 0 Å². The van der Waals surface area contributed by atoms with Crippen LogP contribution in [-0.4, -0.2) is 71.4 Å². The summed E-state index contributed by atoms with van der Waals surface area (Å²) in [5.41, 5.74) is 3.87. The van der Waals surface area contributed by atoms with Gasteiger partial charge in [-0.3, -0.25) is 14.7 Å². The van der Waals surface area contributed by atoms with Crippen molar-refractivity contribution in [1.82, 2.24) is 14.8 Å². The fraction of sp³-hybridized carbons (Fsp3) is 0.400. The normalized spacial score (nSPS) is 15.2. The van der Waals surface area contributed by atoms with E-state index in [1.165, 1.54) is 5.56 Å². The second-order valence-corrected chi connectivity index (χ2v) is 7.29. The second-order valence-electron chi connectivity index (χ2n) is 6.42. The largest absolute Gasteiger partial charge is 0.395 e. The molecule has 1 aromatic carbocycles. The van der Waals surface area contributed by atoms with E-state index in [0.29, 0.717) is 25.2 Å². The molecular formula is C20H25N3O2S. The van der Waals surface area contributed by atoms with Crippen molar-refractivity contribution in [2.75, 3.05) is 45.6 Å². The maximum absolute atomic E-state index is 12.7. The Bertz CT molecular complexity index is 711. The van der Waals surface area contributed by atoms with Crippen LogP contribution < -0.4 is 0 Å². The number of amides is 1. The number of hydrogen-bond donors (Lipinski definition) is 1. The molecule has 1 amide bonds. The Morgan fingerprint density at radius 1 is 1.12 bits per heavy atom. The minimum atomic E-state index is 0.0727. The van der Waals surface area contributed by atoms with Gasteiger partial charge in [0.15, 0.2) is 0 Å². The Morgan fingerprint density at radius 2 is 1.85 bits per heavy atom. The Morgan fingerprint density at radius 3 is 2.42 bits per heavy atom. The number of pyridine rings is 1. The Labute approximate surface area is 159 Å². The molecule has 1 saturated heterocycles. The summed E-state index contributed by atoms with van der Waals surface area (Å²) in [6.45, 7) is 3.90. The van der Waals surface area contributed by atoms with E-state index in [2.05, 4.69) is 22.2 Å². The van der Waals surface area contributed by atoms with Crippen LogP contribution in [0.15, 0.2) is 42.6 Å². The summed E-state index contributed by atoms with van der Waals surface area (Å²) in [6.07, 6.45) is 3.99. The first-order valence-electron chi connectivity index (χ1n) is 8.88. The lowest BCUT2D eigenvalue weighted by Crippen LogP contribution is -2.49. The van der Waals surface area contributed by atoms with Gasteiger partial charge in [0, 0.05) is 55.8 Å². The van der Waals surface area contributed by atoms with E-state index in [0.717, 1.165) is 30.1 Å². The summed E-state index contributed by atoms with van der Waals surface area (Å²) in [5, 5.41) is 9.01. The number of carbonyl (C=O) groups excluding carboxylic acids is 1. The highest BCUT2D eigenvalue weighted by Gasteiger charge is 2.21. The fourth-order valence-electron chi connectivity index (χ4n) is 3.13. The predicted molar refractivity (Wildman–Crippen MR) is 106 cm³/mol. The van der Waals surface area contributed by atoms with Crippen LogP contribution >= 0.6 is 11.8 Å². The number of benzene rings is 1. The summed E-state index contributed by atoms with van der Waals surface area (Å²) < 4.78 is 0. The van der Waals surface area contributed by atoms with E-state index >= 15 is 0 Å². The van der Waals surface area contributed by atoms with Gasteiger partial charge in [-0.1, -0.05) is 18.2 Å². The average molecular weight is 372 g/mol. The standard InChI is InChI=1S/C20H25N3O2S/c1-26-15-16-2-7-19(21-14-16)17-3-5-18(6-4-17)20(25)23-10-8-22(9-11-23)12-13-24/h2-7,14,24H,8-13,15H2,1H3. The molecule has 0 saturated carbocycles. The highest BCUT2D eigenvalue weighted by molar-refractivity contribution is 7.97. The average Bonchev–Trinajstić information content (AvgIpc) is 2.69. The van der Waals surface area contributed by atoms with E-state index in [9.17, 15) is 4.79 Å². The number of rotatable bonds is 6. The summed E-state index contributed by atoms with van der Waals surface area (Å²) in [6, 6.07) is 11.8. The highest BCUT2D eigenvalue weighted by atomic mass is 32.2. The molecular weight excluding hydrogens is 346 g/mol. The molecule has 1 fully saturated rings. The van der Waals surface area contributed by atoms with Crippen molar-refractivity contribution in [3.63, 3.8) is 0 Å². The molecule has 0 radical (unpaired) electrons. The van der Waals surface area contributed by atoms with E-state index in [-0.39, 0.29) is 12.5 Å². The number of piperazine rings is 1. The number of hydrogen-bond acceptors (Lipinski definition) is 5. The number of aliphatic hydroxyl groups is 1. The van der Waals surface area contributed by atoms with Crippen molar-refractivity contribution in [3.05, 3.63) is 53.7 Å². The maximum Gasteiger partial charge on any atom is 0.253 e. The summed E-state index contributed by atoms with van der Waals surface area (Å²) in [5.74, 6) is 1.04. The van der Waals surface area contributed by atoms with Crippen LogP contribution in [0.1, 0.15) is 15.9 Å². The van der Waals surface area contributed by atoms with E-state index in [1.807, 2.05) is 41.4 Å². The SMILES string of the molecule is CSCc1ccc(-c2ccc(C(=O)N3CCN(CCO)CC3)cc2)nc1. The van der Waals surface area contributed by atoms with Crippen LogP contribution in [0.4, 0.5) is 0 Å². The quantitative estimate of drug-likeness (QED) is 0.845. The number of nitrogens with zero attached hydrogens (tertiary/aromatic N) is 3. The summed E-state index contributed by atoms with van der Waals surface area (Å²) >= 11 is 1.78. The fourth-order valence-corrected chi connectivity index (χ4v) is 3.63. The molecule has 5 nitrogen and oxygen atoms in total. The van der Waals surface area contributed by atoms with Gasteiger partial charge in [0.2, 0.25) is 0 Å². The van der Waals surface area contributed by atoms with Gasteiger partial charge in [-0.15, -0.1) is 0 Å². The van der Waals surface area contributed by atoms with Gasteiger partial charge < -0.3 is 10.0 Å². The van der Waals surface area contributed by atoms with Gasteiger partial charge in [-0.05, 0) is 30.0 Å². The van der Waals surface area contributed by atoms with Crippen molar-refractivity contribution in [3.8, 4) is 11.3 Å². The van der Waals surface area contributed by atoms with Crippen molar-refractivity contribution < 1.29 is 9.90 Å². The zero-order valence-electron chi connectivity index (χ0n) is 15.1. The van der Waals surface area contributed by atoms with Crippen LogP contribution in [0, 0.1) is 0 Å². The van der Waals surface area contributed by atoms with Crippen molar-refractivity contribution in [2.45, 2.75) is 5.75 Å². The molecule has 1 aliphatic rings. The van der Waals surface area contributed by atoms with Crippen LogP contribution in [0.25, 0.3) is 11.3 Å². The lowest BCUT2D eigenvalue weighted by molar-refractivity contribution is 0.0615. The first-order chi connectivity index (χ1) is 12.7. The van der Waals surface area contributed by atoms with E-state index in [4.69, 9.17) is 5.11 Å². The van der Waals surface area contributed by atoms with Crippen LogP contribution in [0.2, 0.25) is 0 Å². The molecule has 0 atom stereocenters. The molecule has 0 aliphatic carbocycles. The Kier molecular flexibility index (Phi) is 6.66. The number of aliphatic hydroxyl groups excluding tert-OH is 1. The topological polar surface area (TPSA) is 56.7 Å². The number of thioether (sulfide) groups is 1. The molecule has 2 aromatic rings. The maximum atomic E-state index is 12.7. The summed E-state index contributed by atoms with van der Waals surface area (Å²) in [7, 11) is 0. The smallest absolute Gasteiger partial charge is 0.253 e. The lowest BCUT2D eigenvalue weighted by atomic mass is 10.1. The molecule has 1 aliphatic heterocycles. The molecule has 26 heavy (non-hydrogen) atoms. The number of aromatic nitrogens is 1. The molecule has 0 spiro atoms. The molecule has 3 rings (SSSR count). The number of β-amino-alcohol motifs (C(OH)–C–C–N with tert-alkyl or cyclic N) is 1. The molecule has 2 heterocycles. The molecule has 0 unspecified atom stereocenters. The van der Waals surface area contributed by atoms with Crippen LogP contribution in [-0.2, 0) is 5.75 Å². The van der Waals surface area contributed by atoms with Crippen LogP contribution in [0.3, 0.4) is 0 Å². The van der Waals surface area contributed by atoms with Gasteiger partial charge >= 0.3 is 0 Å². The van der Waals surface area contributed by atoms with E-state index < -0.39 is 0 Å². The summed E-state index contributed by atoms with van der Waals surface area (Å²) in [4.78, 5) is 21.3. The number of carbonyl (C=O) groups is 1. The minimum absolute atomic E-state index is 0.0727. The zero-order valence-corrected chi connectivity index (χ0v) is 15.9. The third kappa shape index (κ3) is 4.63. The predicted octanol–water partition coefficient (Wildman–Crippen LogP) is 2.36. The highest BCUT2D eigenvalue weighted by Crippen LogP contribution is 2.20. The van der Waals surface area contributed by atoms with Crippen molar-refractivity contribution >= 4 is 17.7 Å². The molecule has 1 N–H and O–H groups in total. The molecule has 138 valence electrons. The zero-order chi connectivity index (χ0) is 18.4. The molecule has 6 heteroatoms. The van der Waals surface area contributed by atoms with Gasteiger partial charge in [0.05, 0.1) is 12.3 Å². The molecule has 1 aromatic heterocycles. The van der Waals surface area contributed by atoms with E-state index in [1.54, 1.807) is 11.8 Å². The van der Waals surface area contributed by atoms with Crippen molar-refractivity contribution in [1.29, 1.82) is 0 Å².